The first kappa shape index (κ1) is 37.1. The van der Waals surface area contributed by atoms with E-state index in [-0.39, 0.29) is 18.4 Å². The van der Waals surface area contributed by atoms with Crippen LogP contribution in [-0.4, -0.2) is 78.4 Å². The molecule has 0 saturated heterocycles. The van der Waals surface area contributed by atoms with Crippen molar-refractivity contribution in [2.24, 2.45) is 10.8 Å². The molecule has 5 amide bonds. The zero-order chi connectivity index (χ0) is 33.3. The average Bonchev–Trinajstić information content (AvgIpc) is 2.87. The van der Waals surface area contributed by atoms with Gasteiger partial charge in [-0.3, -0.25) is 28.8 Å². The molecule has 3 atom stereocenters. The third kappa shape index (κ3) is 12.1. The second-order valence-electron chi connectivity index (χ2n) is 13.0. The van der Waals surface area contributed by atoms with Crippen molar-refractivity contribution >= 4 is 35.3 Å². The lowest BCUT2D eigenvalue weighted by atomic mass is 9.85. The molecule has 1 aromatic carbocycles. The van der Waals surface area contributed by atoms with Crippen molar-refractivity contribution in [2.75, 3.05) is 14.1 Å². The Morgan fingerprint density at radius 3 is 1.88 bits per heavy atom. The number of Topliss-reactive ketones (excluding diaryl/α,β-unsaturated/α-hetero) is 1. The predicted molar refractivity (Wildman–Crippen MR) is 157 cm³/mol. The number of halogens is 2. The highest BCUT2D eigenvalue weighted by atomic mass is 19.3. The molecular formula is C30H45F2N5O6. The normalized spacial score (nSPS) is 14.0. The molecule has 0 bridgehead atoms. The van der Waals surface area contributed by atoms with E-state index in [2.05, 4.69) is 16.0 Å². The van der Waals surface area contributed by atoms with E-state index < -0.39 is 71.2 Å². The van der Waals surface area contributed by atoms with Crippen LogP contribution in [0.3, 0.4) is 0 Å². The SMILES string of the molecule is CC(NC(=O)[C@H](CC(=O)N(C)C)NC(=O)[C@@H](NC(=O)CC(C)(C)C)C(C)(C)C)C(=O)C(F)(F)C(=O)NCc1ccccc1. The van der Waals surface area contributed by atoms with Crippen LogP contribution in [0.1, 0.15) is 66.9 Å². The van der Waals surface area contributed by atoms with Gasteiger partial charge in [-0.05, 0) is 23.3 Å². The number of hydrogen-bond acceptors (Lipinski definition) is 6. The third-order valence-electron chi connectivity index (χ3n) is 6.28. The van der Waals surface area contributed by atoms with E-state index in [0.29, 0.717) is 5.56 Å². The van der Waals surface area contributed by atoms with Gasteiger partial charge in [0.2, 0.25) is 29.4 Å². The molecule has 0 aliphatic carbocycles. The number of amides is 5. The van der Waals surface area contributed by atoms with E-state index >= 15 is 0 Å². The fourth-order valence-electron chi connectivity index (χ4n) is 3.84. The number of hydrogen-bond donors (Lipinski definition) is 4. The van der Waals surface area contributed by atoms with Gasteiger partial charge in [0, 0.05) is 27.1 Å². The van der Waals surface area contributed by atoms with Crippen LogP contribution >= 0.6 is 0 Å². The number of benzene rings is 1. The maximum atomic E-state index is 14.7. The lowest BCUT2D eigenvalue weighted by Gasteiger charge is -2.33. The Morgan fingerprint density at radius 2 is 1.40 bits per heavy atom. The maximum Gasteiger partial charge on any atom is 0.383 e. The molecule has 0 fully saturated rings. The fourth-order valence-corrected chi connectivity index (χ4v) is 3.84. The summed E-state index contributed by atoms with van der Waals surface area (Å²) in [6, 6.07) is 3.67. The molecular weight excluding hydrogens is 564 g/mol. The Morgan fingerprint density at radius 1 is 0.837 bits per heavy atom. The highest BCUT2D eigenvalue weighted by Crippen LogP contribution is 2.23. The molecule has 0 aromatic heterocycles. The van der Waals surface area contributed by atoms with Gasteiger partial charge in [0.05, 0.1) is 12.5 Å². The summed E-state index contributed by atoms with van der Waals surface area (Å²) in [4.78, 5) is 77.5. The van der Waals surface area contributed by atoms with Gasteiger partial charge in [0.1, 0.15) is 12.1 Å². The summed E-state index contributed by atoms with van der Waals surface area (Å²) in [7, 11) is 2.84. The van der Waals surface area contributed by atoms with Crippen LogP contribution < -0.4 is 21.3 Å². The van der Waals surface area contributed by atoms with E-state index in [1.165, 1.54) is 19.0 Å². The molecule has 13 heteroatoms. The van der Waals surface area contributed by atoms with Crippen LogP contribution in [0.5, 0.6) is 0 Å². The number of nitrogens with one attached hydrogen (secondary N) is 4. The summed E-state index contributed by atoms with van der Waals surface area (Å²) in [5.74, 6) is -11.1. The minimum atomic E-state index is -4.48. The number of rotatable bonds is 13. The standard InChI is InChI=1S/C30H45F2N5O6/c1-18(24(40)30(31,32)27(43)33-17-19-13-11-10-12-14-19)34-25(41)20(15-22(39)37(8)9)35-26(42)23(29(5,6)7)36-21(38)16-28(2,3)4/h10-14,18,20,23H,15-17H2,1-9H3,(H,33,43)(H,34,41)(H,35,42)(H,36,38)/t18?,20-,23+/m0/s1. The number of alkyl halides is 2. The lowest BCUT2D eigenvalue weighted by molar-refractivity contribution is -0.160. The molecule has 43 heavy (non-hydrogen) atoms. The highest BCUT2D eigenvalue weighted by Gasteiger charge is 2.49. The predicted octanol–water partition coefficient (Wildman–Crippen LogP) is 1.94. The molecule has 0 spiro atoms. The molecule has 1 rings (SSSR count). The van der Waals surface area contributed by atoms with E-state index in [1.807, 2.05) is 26.1 Å². The van der Waals surface area contributed by atoms with Gasteiger partial charge in [-0.25, -0.2) is 0 Å². The molecule has 1 unspecified atom stereocenters. The van der Waals surface area contributed by atoms with Crippen LogP contribution in [0.15, 0.2) is 30.3 Å². The molecule has 1 aromatic rings. The summed E-state index contributed by atoms with van der Waals surface area (Å²) in [5, 5.41) is 9.20. The van der Waals surface area contributed by atoms with E-state index in [4.69, 9.17) is 0 Å². The number of carbonyl (C=O) groups excluding carboxylic acids is 6. The summed E-state index contributed by atoms with van der Waals surface area (Å²) in [6.07, 6.45) is -0.450. The van der Waals surface area contributed by atoms with Crippen LogP contribution in [0.4, 0.5) is 8.78 Å². The van der Waals surface area contributed by atoms with Crippen LogP contribution in [0, 0.1) is 10.8 Å². The Kier molecular flexibility index (Phi) is 13.0. The summed E-state index contributed by atoms with van der Waals surface area (Å²) < 4.78 is 29.5. The molecule has 240 valence electrons. The quantitative estimate of drug-likeness (QED) is 0.251. The van der Waals surface area contributed by atoms with Crippen molar-refractivity contribution in [1.82, 2.24) is 26.2 Å². The van der Waals surface area contributed by atoms with Crippen molar-refractivity contribution in [3.63, 3.8) is 0 Å². The van der Waals surface area contributed by atoms with Crippen molar-refractivity contribution in [1.29, 1.82) is 0 Å². The van der Waals surface area contributed by atoms with Gasteiger partial charge in [-0.2, -0.15) is 8.78 Å². The lowest BCUT2D eigenvalue weighted by Crippen LogP contribution is -2.60. The number of carbonyl (C=O) groups is 6. The number of ketones is 1. The van der Waals surface area contributed by atoms with Gasteiger partial charge in [0.25, 0.3) is 5.91 Å². The molecule has 0 aliphatic rings. The summed E-state index contributed by atoms with van der Waals surface area (Å²) in [6.45, 7) is 11.4. The second kappa shape index (κ2) is 15.0. The number of nitrogens with zero attached hydrogens (tertiary/aromatic N) is 1. The van der Waals surface area contributed by atoms with E-state index in [0.717, 1.165) is 6.92 Å². The summed E-state index contributed by atoms with van der Waals surface area (Å²) in [5.41, 5.74) is -0.650. The highest BCUT2D eigenvalue weighted by molar-refractivity contribution is 6.10. The topological polar surface area (TPSA) is 154 Å². The van der Waals surface area contributed by atoms with Gasteiger partial charge in [-0.15, -0.1) is 0 Å². The second-order valence-corrected chi connectivity index (χ2v) is 13.0. The monoisotopic (exact) mass is 609 g/mol. The third-order valence-corrected chi connectivity index (χ3v) is 6.28. The molecule has 11 nitrogen and oxygen atoms in total. The Balaban J connectivity index is 3.09. The van der Waals surface area contributed by atoms with Crippen LogP contribution in [0.25, 0.3) is 0 Å². The Hall–Kier alpha value is -3.90. The molecule has 0 aliphatic heterocycles. The van der Waals surface area contributed by atoms with Gasteiger partial charge < -0.3 is 26.2 Å². The molecule has 0 heterocycles. The van der Waals surface area contributed by atoms with Gasteiger partial charge >= 0.3 is 5.92 Å². The Bertz CT molecular complexity index is 1180. The van der Waals surface area contributed by atoms with Crippen molar-refractivity contribution in [3.05, 3.63) is 35.9 Å². The molecule has 0 radical (unpaired) electrons. The molecule has 4 N–H and O–H groups in total. The first-order chi connectivity index (χ1) is 19.6. The van der Waals surface area contributed by atoms with Crippen molar-refractivity contribution in [2.45, 2.75) is 91.9 Å². The van der Waals surface area contributed by atoms with Crippen molar-refractivity contribution in [3.8, 4) is 0 Å². The molecule has 0 saturated carbocycles. The summed E-state index contributed by atoms with van der Waals surface area (Å²) >= 11 is 0. The van der Waals surface area contributed by atoms with E-state index in [9.17, 15) is 37.5 Å². The smallest absolute Gasteiger partial charge is 0.349 e. The van der Waals surface area contributed by atoms with Gasteiger partial charge in [-0.1, -0.05) is 71.9 Å². The average molecular weight is 610 g/mol. The van der Waals surface area contributed by atoms with Gasteiger partial charge in [0.15, 0.2) is 0 Å². The largest absolute Gasteiger partial charge is 0.383 e. The van der Waals surface area contributed by atoms with E-state index in [1.54, 1.807) is 51.1 Å². The maximum absolute atomic E-state index is 14.7. The zero-order valence-corrected chi connectivity index (χ0v) is 26.4. The fraction of sp³-hybridized carbons (Fsp3) is 0.600. The van der Waals surface area contributed by atoms with Crippen LogP contribution in [-0.2, 0) is 35.3 Å². The van der Waals surface area contributed by atoms with Crippen molar-refractivity contribution < 1.29 is 37.5 Å². The van der Waals surface area contributed by atoms with Crippen LogP contribution in [0.2, 0.25) is 0 Å². The zero-order valence-electron chi connectivity index (χ0n) is 26.4. The minimum Gasteiger partial charge on any atom is -0.349 e. The Labute approximate surface area is 251 Å². The minimum absolute atomic E-state index is 0.114. The first-order valence-electron chi connectivity index (χ1n) is 13.9. The first-order valence-corrected chi connectivity index (χ1v) is 13.9.